The molecule has 0 atom stereocenters. The number of benzene rings is 1. The summed E-state index contributed by atoms with van der Waals surface area (Å²) in [7, 11) is 0. The number of amides is 1. The maximum atomic E-state index is 11.9. The van der Waals surface area contributed by atoms with Crippen molar-refractivity contribution in [3.05, 3.63) is 41.1 Å². The SMILES string of the molecule is CCc1nnc(NC(=O)COC(=O)c2cc3ccccc3o2)s1. The molecule has 0 bridgehead atoms. The Morgan fingerprint density at radius 3 is 2.87 bits per heavy atom. The van der Waals surface area contributed by atoms with Crippen molar-refractivity contribution < 1.29 is 18.7 Å². The van der Waals surface area contributed by atoms with Crippen molar-refractivity contribution in [3.8, 4) is 0 Å². The number of aromatic nitrogens is 2. The number of nitrogens with one attached hydrogen (secondary N) is 1. The van der Waals surface area contributed by atoms with Crippen LogP contribution in [0.2, 0.25) is 0 Å². The fourth-order valence-corrected chi connectivity index (χ4v) is 2.58. The topological polar surface area (TPSA) is 94.3 Å². The zero-order valence-electron chi connectivity index (χ0n) is 12.2. The summed E-state index contributed by atoms with van der Waals surface area (Å²) in [5.41, 5.74) is 0.588. The van der Waals surface area contributed by atoms with Crippen LogP contribution in [0.5, 0.6) is 0 Å². The van der Waals surface area contributed by atoms with Gasteiger partial charge in [0.1, 0.15) is 10.6 Å². The van der Waals surface area contributed by atoms with Crippen molar-refractivity contribution in [3.63, 3.8) is 0 Å². The maximum Gasteiger partial charge on any atom is 0.374 e. The molecule has 7 nitrogen and oxygen atoms in total. The minimum atomic E-state index is -0.692. The number of ether oxygens (including phenoxy) is 1. The second-order valence-corrected chi connectivity index (χ2v) is 5.69. The highest BCUT2D eigenvalue weighted by Crippen LogP contribution is 2.19. The van der Waals surface area contributed by atoms with Crippen molar-refractivity contribution in [1.29, 1.82) is 0 Å². The van der Waals surface area contributed by atoms with Gasteiger partial charge >= 0.3 is 5.97 Å². The van der Waals surface area contributed by atoms with Gasteiger partial charge in [-0.2, -0.15) is 0 Å². The smallest absolute Gasteiger partial charge is 0.374 e. The lowest BCUT2D eigenvalue weighted by Gasteiger charge is -2.02. The number of para-hydroxylation sites is 1. The quantitative estimate of drug-likeness (QED) is 0.722. The summed E-state index contributed by atoms with van der Waals surface area (Å²) in [4.78, 5) is 23.6. The molecule has 0 aliphatic heterocycles. The predicted octanol–water partition coefficient (Wildman–Crippen LogP) is 2.64. The first-order valence-electron chi connectivity index (χ1n) is 6.93. The molecule has 1 aromatic carbocycles. The van der Waals surface area contributed by atoms with E-state index in [9.17, 15) is 9.59 Å². The molecule has 23 heavy (non-hydrogen) atoms. The number of aryl methyl sites for hydroxylation is 1. The van der Waals surface area contributed by atoms with Crippen LogP contribution in [0.3, 0.4) is 0 Å². The van der Waals surface area contributed by atoms with Crippen LogP contribution >= 0.6 is 11.3 Å². The highest BCUT2D eigenvalue weighted by atomic mass is 32.1. The predicted molar refractivity (Wildman–Crippen MR) is 84.4 cm³/mol. The van der Waals surface area contributed by atoms with E-state index in [1.54, 1.807) is 18.2 Å². The molecule has 0 radical (unpaired) electrons. The van der Waals surface area contributed by atoms with E-state index in [2.05, 4.69) is 15.5 Å². The van der Waals surface area contributed by atoms with E-state index in [0.29, 0.717) is 10.7 Å². The fraction of sp³-hybridized carbons (Fsp3) is 0.200. The Morgan fingerprint density at radius 1 is 1.30 bits per heavy atom. The van der Waals surface area contributed by atoms with E-state index in [1.807, 2.05) is 19.1 Å². The first kappa shape index (κ1) is 15.2. The Kier molecular flexibility index (Phi) is 4.33. The molecule has 1 N–H and O–H groups in total. The molecule has 2 aromatic heterocycles. The van der Waals surface area contributed by atoms with Gasteiger partial charge in [-0.05, 0) is 18.6 Å². The summed E-state index contributed by atoms with van der Waals surface area (Å²) in [5, 5.41) is 12.2. The molecule has 0 saturated heterocycles. The number of hydrogen-bond donors (Lipinski definition) is 1. The number of anilines is 1. The molecule has 1 amide bonds. The summed E-state index contributed by atoms with van der Waals surface area (Å²) in [6, 6.07) is 8.80. The van der Waals surface area contributed by atoms with Gasteiger partial charge in [0.25, 0.3) is 5.91 Å². The molecule has 0 aliphatic rings. The molecule has 0 saturated carbocycles. The van der Waals surface area contributed by atoms with E-state index in [0.717, 1.165) is 16.8 Å². The number of hydrogen-bond acceptors (Lipinski definition) is 7. The molecule has 3 aromatic rings. The van der Waals surface area contributed by atoms with E-state index < -0.39 is 18.5 Å². The second kappa shape index (κ2) is 6.57. The number of rotatable bonds is 5. The zero-order valence-corrected chi connectivity index (χ0v) is 13.1. The average molecular weight is 331 g/mol. The van der Waals surface area contributed by atoms with Gasteiger partial charge < -0.3 is 9.15 Å². The van der Waals surface area contributed by atoms with Crippen molar-refractivity contribution in [2.45, 2.75) is 13.3 Å². The Hall–Kier alpha value is -2.74. The average Bonchev–Trinajstić information content (AvgIpc) is 3.18. The van der Waals surface area contributed by atoms with E-state index >= 15 is 0 Å². The number of carbonyl (C=O) groups excluding carboxylic acids is 2. The monoisotopic (exact) mass is 331 g/mol. The number of esters is 1. The van der Waals surface area contributed by atoms with Gasteiger partial charge in [0.2, 0.25) is 10.9 Å². The normalized spacial score (nSPS) is 10.7. The Morgan fingerprint density at radius 2 is 2.13 bits per heavy atom. The number of furan rings is 1. The van der Waals surface area contributed by atoms with Gasteiger partial charge in [0, 0.05) is 5.39 Å². The van der Waals surface area contributed by atoms with Crippen LogP contribution in [-0.4, -0.2) is 28.7 Å². The standard InChI is InChI=1S/C15H13N3O4S/c1-2-13-17-18-15(23-13)16-12(19)8-21-14(20)11-7-9-5-3-4-6-10(9)22-11/h3-7H,2,8H2,1H3,(H,16,18,19). The Bertz CT molecular complexity index is 822. The van der Waals surface area contributed by atoms with E-state index in [1.165, 1.54) is 11.3 Å². The number of nitrogens with zero attached hydrogens (tertiary/aromatic N) is 2. The maximum absolute atomic E-state index is 11.9. The van der Waals surface area contributed by atoms with Crippen molar-refractivity contribution in [2.24, 2.45) is 0 Å². The molecule has 0 unspecified atom stereocenters. The minimum absolute atomic E-state index is 0.0585. The van der Waals surface area contributed by atoms with Gasteiger partial charge in [-0.3, -0.25) is 10.1 Å². The van der Waals surface area contributed by atoms with Gasteiger partial charge in [-0.15, -0.1) is 10.2 Å². The highest BCUT2D eigenvalue weighted by Gasteiger charge is 2.16. The third kappa shape index (κ3) is 3.54. The Balaban J connectivity index is 1.56. The lowest BCUT2D eigenvalue weighted by molar-refractivity contribution is -0.119. The number of fused-ring (bicyclic) bond motifs is 1. The highest BCUT2D eigenvalue weighted by molar-refractivity contribution is 7.15. The molecule has 2 heterocycles. The summed E-state index contributed by atoms with van der Waals surface area (Å²) < 4.78 is 10.3. The van der Waals surface area contributed by atoms with Crippen LogP contribution in [0.25, 0.3) is 11.0 Å². The third-order valence-corrected chi connectivity index (χ3v) is 3.96. The third-order valence-electron chi connectivity index (χ3n) is 2.98. The molecule has 3 rings (SSSR count). The summed E-state index contributed by atoms with van der Waals surface area (Å²) in [5.74, 6) is -1.11. The molecule has 118 valence electrons. The van der Waals surface area contributed by atoms with E-state index in [-0.39, 0.29) is 5.76 Å². The second-order valence-electron chi connectivity index (χ2n) is 4.63. The summed E-state index contributed by atoms with van der Waals surface area (Å²) in [6.45, 7) is 1.53. The molecule has 8 heteroatoms. The molecular formula is C15H13N3O4S. The summed E-state index contributed by atoms with van der Waals surface area (Å²) in [6.07, 6.45) is 0.745. The van der Waals surface area contributed by atoms with Gasteiger partial charge in [-0.1, -0.05) is 36.5 Å². The largest absolute Gasteiger partial charge is 0.450 e. The van der Waals surface area contributed by atoms with E-state index in [4.69, 9.17) is 9.15 Å². The lowest BCUT2D eigenvalue weighted by atomic mass is 10.2. The van der Waals surface area contributed by atoms with Gasteiger partial charge in [0.15, 0.2) is 6.61 Å². The van der Waals surface area contributed by atoms with Crippen LogP contribution in [0, 0.1) is 0 Å². The van der Waals surface area contributed by atoms with Crippen LogP contribution in [0.1, 0.15) is 22.5 Å². The zero-order chi connectivity index (χ0) is 16.2. The van der Waals surface area contributed by atoms with Crippen molar-refractivity contribution in [1.82, 2.24) is 10.2 Å². The van der Waals surface area contributed by atoms with Crippen molar-refractivity contribution in [2.75, 3.05) is 11.9 Å². The number of carbonyl (C=O) groups is 2. The lowest BCUT2D eigenvalue weighted by Crippen LogP contribution is -2.20. The first-order valence-corrected chi connectivity index (χ1v) is 7.75. The van der Waals surface area contributed by atoms with Crippen LogP contribution in [0.4, 0.5) is 5.13 Å². The fourth-order valence-electron chi connectivity index (χ4n) is 1.89. The van der Waals surface area contributed by atoms with Crippen LogP contribution in [0.15, 0.2) is 34.7 Å². The van der Waals surface area contributed by atoms with Crippen LogP contribution in [-0.2, 0) is 16.0 Å². The first-order chi connectivity index (χ1) is 11.2. The van der Waals surface area contributed by atoms with Crippen molar-refractivity contribution >= 4 is 39.3 Å². The summed E-state index contributed by atoms with van der Waals surface area (Å²) >= 11 is 1.28. The molecule has 0 spiro atoms. The van der Waals surface area contributed by atoms with Crippen LogP contribution < -0.4 is 5.32 Å². The molecule has 0 fully saturated rings. The Labute approximate surface area is 135 Å². The molecule has 0 aliphatic carbocycles. The minimum Gasteiger partial charge on any atom is -0.450 e. The molecular weight excluding hydrogens is 318 g/mol. The van der Waals surface area contributed by atoms with Gasteiger partial charge in [-0.25, -0.2) is 4.79 Å². The van der Waals surface area contributed by atoms with Gasteiger partial charge in [0.05, 0.1) is 0 Å².